The number of anilines is 1. The number of hydrogen-bond donors (Lipinski definition) is 1. The molecule has 0 atom stereocenters. The molecule has 0 aliphatic rings. The van der Waals surface area contributed by atoms with Gasteiger partial charge >= 0.3 is 0 Å². The zero-order valence-electron chi connectivity index (χ0n) is 9.31. The van der Waals surface area contributed by atoms with E-state index in [1.165, 1.54) is 5.56 Å². The summed E-state index contributed by atoms with van der Waals surface area (Å²) in [6.07, 6.45) is 0. The largest absolute Gasteiger partial charge is 0.497 e. The van der Waals surface area contributed by atoms with Crippen molar-refractivity contribution in [1.29, 1.82) is 0 Å². The molecule has 0 bridgehead atoms. The van der Waals surface area contributed by atoms with E-state index in [0.29, 0.717) is 0 Å². The standard InChI is InChI=1S/C14H15NO/c1-16-14-9-5-8-13(10-14)15-11-12-6-3-2-4-7-12/h2-10,15H,11H2,1H3. The Kier molecular flexibility index (Phi) is 3.44. The van der Waals surface area contributed by atoms with Gasteiger partial charge in [-0.25, -0.2) is 0 Å². The van der Waals surface area contributed by atoms with Crippen LogP contribution in [0.15, 0.2) is 54.6 Å². The van der Waals surface area contributed by atoms with E-state index in [1.54, 1.807) is 7.11 Å². The van der Waals surface area contributed by atoms with Gasteiger partial charge in [-0.15, -0.1) is 0 Å². The second-order valence-electron chi connectivity index (χ2n) is 3.57. The van der Waals surface area contributed by atoms with Crippen molar-refractivity contribution in [2.45, 2.75) is 6.54 Å². The lowest BCUT2D eigenvalue weighted by Crippen LogP contribution is -1.99. The number of ether oxygens (including phenoxy) is 1. The summed E-state index contributed by atoms with van der Waals surface area (Å²) in [5.41, 5.74) is 2.34. The molecular weight excluding hydrogens is 198 g/mol. The van der Waals surface area contributed by atoms with E-state index in [2.05, 4.69) is 17.4 Å². The van der Waals surface area contributed by atoms with Gasteiger partial charge in [0.2, 0.25) is 0 Å². The van der Waals surface area contributed by atoms with Gasteiger partial charge in [-0.05, 0) is 17.7 Å². The molecule has 2 nitrogen and oxygen atoms in total. The second kappa shape index (κ2) is 5.21. The van der Waals surface area contributed by atoms with Crippen molar-refractivity contribution in [2.24, 2.45) is 0 Å². The van der Waals surface area contributed by atoms with Crippen LogP contribution in [0.2, 0.25) is 0 Å². The highest BCUT2D eigenvalue weighted by Crippen LogP contribution is 2.17. The van der Waals surface area contributed by atoms with Crippen LogP contribution in [0.1, 0.15) is 5.56 Å². The van der Waals surface area contributed by atoms with Crippen LogP contribution < -0.4 is 10.1 Å². The molecular formula is C14H15NO. The van der Waals surface area contributed by atoms with Gasteiger partial charge in [0.05, 0.1) is 7.11 Å². The predicted octanol–water partition coefficient (Wildman–Crippen LogP) is 3.31. The van der Waals surface area contributed by atoms with Crippen LogP contribution in [-0.2, 0) is 6.54 Å². The van der Waals surface area contributed by atoms with Crippen LogP contribution in [0.4, 0.5) is 5.69 Å². The Bertz CT molecular complexity index is 439. The number of nitrogens with one attached hydrogen (secondary N) is 1. The molecule has 16 heavy (non-hydrogen) atoms. The van der Waals surface area contributed by atoms with Crippen molar-refractivity contribution in [3.8, 4) is 5.75 Å². The van der Waals surface area contributed by atoms with Gasteiger partial charge < -0.3 is 10.1 Å². The molecule has 0 saturated carbocycles. The number of methoxy groups -OCH3 is 1. The Hall–Kier alpha value is -1.96. The van der Waals surface area contributed by atoms with E-state index in [1.807, 2.05) is 42.5 Å². The summed E-state index contributed by atoms with van der Waals surface area (Å²) in [5.74, 6) is 0.873. The van der Waals surface area contributed by atoms with Gasteiger partial charge in [0.15, 0.2) is 0 Å². The molecule has 2 aromatic rings. The average molecular weight is 213 g/mol. The molecule has 2 heteroatoms. The summed E-state index contributed by atoms with van der Waals surface area (Å²) < 4.78 is 5.17. The maximum absolute atomic E-state index is 5.17. The molecule has 0 fully saturated rings. The summed E-state index contributed by atoms with van der Waals surface area (Å²) in [4.78, 5) is 0. The number of rotatable bonds is 4. The Morgan fingerprint density at radius 1 is 1.00 bits per heavy atom. The Morgan fingerprint density at radius 2 is 1.81 bits per heavy atom. The number of benzene rings is 2. The van der Waals surface area contributed by atoms with Crippen LogP contribution >= 0.6 is 0 Å². The molecule has 0 aliphatic carbocycles. The molecule has 1 N–H and O–H groups in total. The molecule has 0 amide bonds. The van der Waals surface area contributed by atoms with E-state index in [4.69, 9.17) is 4.74 Å². The maximum Gasteiger partial charge on any atom is 0.120 e. The molecule has 0 spiro atoms. The highest BCUT2D eigenvalue weighted by molar-refractivity contribution is 5.48. The van der Waals surface area contributed by atoms with E-state index < -0.39 is 0 Å². The van der Waals surface area contributed by atoms with Gasteiger partial charge in [0.25, 0.3) is 0 Å². The molecule has 0 heterocycles. The summed E-state index contributed by atoms with van der Waals surface area (Å²) in [7, 11) is 1.68. The van der Waals surface area contributed by atoms with Crippen molar-refractivity contribution in [3.63, 3.8) is 0 Å². The zero-order chi connectivity index (χ0) is 11.2. The summed E-state index contributed by atoms with van der Waals surface area (Å²) in [6.45, 7) is 0.827. The van der Waals surface area contributed by atoms with E-state index >= 15 is 0 Å². The minimum Gasteiger partial charge on any atom is -0.497 e. The fourth-order valence-corrected chi connectivity index (χ4v) is 1.53. The van der Waals surface area contributed by atoms with Crippen molar-refractivity contribution in [2.75, 3.05) is 12.4 Å². The fourth-order valence-electron chi connectivity index (χ4n) is 1.53. The first-order valence-corrected chi connectivity index (χ1v) is 5.30. The van der Waals surface area contributed by atoms with Gasteiger partial charge in [0, 0.05) is 18.3 Å². The lowest BCUT2D eigenvalue weighted by Gasteiger charge is -2.07. The molecule has 82 valence electrons. The lowest BCUT2D eigenvalue weighted by atomic mass is 10.2. The highest BCUT2D eigenvalue weighted by Gasteiger charge is 1.95. The smallest absolute Gasteiger partial charge is 0.120 e. The maximum atomic E-state index is 5.17. The van der Waals surface area contributed by atoms with Crippen LogP contribution in [-0.4, -0.2) is 7.11 Å². The molecule has 2 aromatic carbocycles. The first kappa shape index (κ1) is 10.6. The Labute approximate surface area is 95.9 Å². The molecule has 0 aliphatic heterocycles. The average Bonchev–Trinajstić information content (AvgIpc) is 2.38. The second-order valence-corrected chi connectivity index (χ2v) is 3.57. The topological polar surface area (TPSA) is 21.3 Å². The van der Waals surface area contributed by atoms with E-state index in [0.717, 1.165) is 18.0 Å². The first-order valence-electron chi connectivity index (χ1n) is 5.30. The number of hydrogen-bond acceptors (Lipinski definition) is 2. The van der Waals surface area contributed by atoms with Gasteiger partial charge in [0.1, 0.15) is 5.75 Å². The lowest BCUT2D eigenvalue weighted by molar-refractivity contribution is 0.415. The molecule has 0 radical (unpaired) electrons. The quantitative estimate of drug-likeness (QED) is 0.841. The predicted molar refractivity (Wildman–Crippen MR) is 66.8 cm³/mol. The van der Waals surface area contributed by atoms with E-state index in [-0.39, 0.29) is 0 Å². The van der Waals surface area contributed by atoms with Gasteiger partial charge in [-0.1, -0.05) is 36.4 Å². The third kappa shape index (κ3) is 2.76. The minimum absolute atomic E-state index is 0.827. The third-order valence-corrected chi connectivity index (χ3v) is 2.41. The third-order valence-electron chi connectivity index (χ3n) is 2.41. The highest BCUT2D eigenvalue weighted by atomic mass is 16.5. The Morgan fingerprint density at radius 3 is 2.56 bits per heavy atom. The summed E-state index contributed by atoms with van der Waals surface area (Å²) >= 11 is 0. The van der Waals surface area contributed by atoms with Crippen molar-refractivity contribution in [1.82, 2.24) is 0 Å². The van der Waals surface area contributed by atoms with Crippen molar-refractivity contribution < 1.29 is 4.74 Å². The van der Waals surface area contributed by atoms with Crippen LogP contribution in [0.25, 0.3) is 0 Å². The van der Waals surface area contributed by atoms with Crippen molar-refractivity contribution >= 4 is 5.69 Å². The van der Waals surface area contributed by atoms with Gasteiger partial charge in [-0.3, -0.25) is 0 Å². The van der Waals surface area contributed by atoms with E-state index in [9.17, 15) is 0 Å². The summed E-state index contributed by atoms with van der Waals surface area (Å²) in [5, 5.41) is 3.36. The SMILES string of the molecule is COc1cccc(NCc2ccccc2)c1. The summed E-state index contributed by atoms with van der Waals surface area (Å²) in [6, 6.07) is 18.3. The monoisotopic (exact) mass is 213 g/mol. The van der Waals surface area contributed by atoms with Crippen molar-refractivity contribution in [3.05, 3.63) is 60.2 Å². The van der Waals surface area contributed by atoms with Gasteiger partial charge in [-0.2, -0.15) is 0 Å². The molecule has 0 saturated heterocycles. The minimum atomic E-state index is 0.827. The normalized spacial score (nSPS) is 9.81. The van der Waals surface area contributed by atoms with Crippen LogP contribution in [0.3, 0.4) is 0 Å². The van der Waals surface area contributed by atoms with Crippen LogP contribution in [0, 0.1) is 0 Å². The molecule has 2 rings (SSSR count). The first-order chi connectivity index (χ1) is 7.88. The molecule has 0 unspecified atom stereocenters. The Balaban J connectivity index is 1.99. The molecule has 0 aromatic heterocycles. The zero-order valence-corrected chi connectivity index (χ0v) is 9.31. The fraction of sp³-hybridized carbons (Fsp3) is 0.143. The van der Waals surface area contributed by atoms with Crippen LogP contribution in [0.5, 0.6) is 5.75 Å².